The summed E-state index contributed by atoms with van der Waals surface area (Å²) in [5, 5.41) is 3.62. The molecule has 1 aliphatic heterocycles. The predicted molar refractivity (Wildman–Crippen MR) is 46.7 cm³/mol. The molecule has 64 valence electrons. The first-order chi connectivity index (χ1) is 5.35. The molecule has 0 amide bonds. The van der Waals surface area contributed by atoms with E-state index in [-0.39, 0.29) is 0 Å². The Morgan fingerprint density at radius 2 is 2.27 bits per heavy atom. The van der Waals surface area contributed by atoms with Crippen LogP contribution in [0.3, 0.4) is 0 Å². The van der Waals surface area contributed by atoms with Crippen molar-refractivity contribution >= 4 is 0 Å². The van der Waals surface area contributed by atoms with Crippen LogP contribution in [0.5, 0.6) is 0 Å². The third-order valence-electron chi connectivity index (χ3n) is 2.85. The summed E-state index contributed by atoms with van der Waals surface area (Å²) in [5.41, 5.74) is 0.577. The number of rotatable bonds is 2. The van der Waals surface area contributed by atoms with Crippen molar-refractivity contribution < 1.29 is 0 Å². The number of piperazine rings is 1. The summed E-state index contributed by atoms with van der Waals surface area (Å²) in [6.45, 7) is 7.33. The van der Waals surface area contributed by atoms with Gasteiger partial charge in [0.25, 0.3) is 0 Å². The summed E-state index contributed by atoms with van der Waals surface area (Å²) in [7, 11) is 0. The fraction of sp³-hybridized carbons (Fsp3) is 1.00. The second kappa shape index (κ2) is 2.76. The zero-order chi connectivity index (χ0) is 7.73. The lowest BCUT2D eigenvalue weighted by Gasteiger charge is -2.33. The van der Waals surface area contributed by atoms with Crippen LogP contribution < -0.4 is 5.32 Å². The predicted octanol–water partition coefficient (Wildman–Crippen LogP) is 0.834. The van der Waals surface area contributed by atoms with Crippen molar-refractivity contribution in [2.75, 3.05) is 26.2 Å². The number of nitrogens with zero attached hydrogens (tertiary/aromatic N) is 1. The maximum absolute atomic E-state index is 3.62. The van der Waals surface area contributed by atoms with Crippen molar-refractivity contribution in [2.24, 2.45) is 0 Å². The highest BCUT2D eigenvalue weighted by Crippen LogP contribution is 2.37. The normalized spacial score (nSPS) is 29.2. The van der Waals surface area contributed by atoms with E-state index in [0.29, 0.717) is 5.54 Å². The van der Waals surface area contributed by atoms with Crippen LogP contribution in [-0.4, -0.2) is 36.6 Å². The van der Waals surface area contributed by atoms with Gasteiger partial charge in [-0.15, -0.1) is 0 Å². The first-order valence-electron chi connectivity index (χ1n) is 4.82. The minimum Gasteiger partial charge on any atom is -0.309 e. The van der Waals surface area contributed by atoms with Gasteiger partial charge in [0, 0.05) is 25.2 Å². The molecule has 0 atom stereocenters. The van der Waals surface area contributed by atoms with Crippen LogP contribution in [0.15, 0.2) is 0 Å². The van der Waals surface area contributed by atoms with Gasteiger partial charge in [-0.05, 0) is 25.8 Å². The molecule has 1 saturated heterocycles. The van der Waals surface area contributed by atoms with Crippen molar-refractivity contribution in [1.29, 1.82) is 0 Å². The van der Waals surface area contributed by atoms with E-state index in [2.05, 4.69) is 17.1 Å². The quantitative estimate of drug-likeness (QED) is 0.634. The summed E-state index contributed by atoms with van der Waals surface area (Å²) < 4.78 is 0. The lowest BCUT2D eigenvalue weighted by atomic mass is 10.2. The third kappa shape index (κ3) is 1.57. The molecule has 1 spiro atoms. The topological polar surface area (TPSA) is 15.3 Å². The molecule has 2 heteroatoms. The molecule has 11 heavy (non-hydrogen) atoms. The Morgan fingerprint density at radius 3 is 2.91 bits per heavy atom. The zero-order valence-electron chi connectivity index (χ0n) is 7.40. The van der Waals surface area contributed by atoms with E-state index in [4.69, 9.17) is 0 Å². The van der Waals surface area contributed by atoms with Crippen LogP contribution in [0.25, 0.3) is 0 Å². The van der Waals surface area contributed by atoms with Crippen LogP contribution in [0.4, 0.5) is 0 Å². The molecule has 1 saturated carbocycles. The molecule has 0 aromatic carbocycles. The summed E-state index contributed by atoms with van der Waals surface area (Å²) in [6.07, 6.45) is 4.12. The highest BCUT2D eigenvalue weighted by atomic mass is 15.2. The fourth-order valence-corrected chi connectivity index (χ4v) is 2.04. The Bertz CT molecular complexity index is 138. The van der Waals surface area contributed by atoms with E-state index in [1.54, 1.807) is 0 Å². The van der Waals surface area contributed by atoms with Crippen molar-refractivity contribution in [3.05, 3.63) is 0 Å². The molecule has 0 aromatic rings. The smallest absolute Gasteiger partial charge is 0.0310 e. The molecular weight excluding hydrogens is 136 g/mol. The summed E-state index contributed by atoms with van der Waals surface area (Å²) in [5.74, 6) is 0. The van der Waals surface area contributed by atoms with Gasteiger partial charge in [-0.2, -0.15) is 0 Å². The van der Waals surface area contributed by atoms with Crippen molar-refractivity contribution in [1.82, 2.24) is 10.2 Å². The molecule has 2 rings (SSSR count). The van der Waals surface area contributed by atoms with Gasteiger partial charge < -0.3 is 10.2 Å². The Kier molecular flexibility index (Phi) is 1.90. The van der Waals surface area contributed by atoms with Gasteiger partial charge in [0.2, 0.25) is 0 Å². The Labute approximate surface area is 69.0 Å². The van der Waals surface area contributed by atoms with E-state index >= 15 is 0 Å². The average Bonchev–Trinajstić information content (AvgIpc) is 2.70. The largest absolute Gasteiger partial charge is 0.309 e. The molecule has 0 radical (unpaired) electrons. The molecular formula is C9H18N2. The second-order valence-corrected chi connectivity index (χ2v) is 3.98. The molecule has 1 aliphatic carbocycles. The van der Waals surface area contributed by atoms with E-state index in [1.807, 2.05) is 0 Å². The highest BCUT2D eigenvalue weighted by Gasteiger charge is 2.44. The summed E-state index contributed by atoms with van der Waals surface area (Å²) >= 11 is 0. The minimum absolute atomic E-state index is 0.577. The Hall–Kier alpha value is -0.0800. The Balaban J connectivity index is 1.83. The van der Waals surface area contributed by atoms with Crippen molar-refractivity contribution in [3.63, 3.8) is 0 Å². The van der Waals surface area contributed by atoms with Gasteiger partial charge in [-0.3, -0.25) is 0 Å². The molecule has 0 unspecified atom stereocenters. The first kappa shape index (κ1) is 7.56. The minimum atomic E-state index is 0.577. The maximum Gasteiger partial charge on any atom is 0.0310 e. The van der Waals surface area contributed by atoms with Gasteiger partial charge in [0.15, 0.2) is 0 Å². The molecule has 2 aliphatic rings. The maximum atomic E-state index is 3.62. The molecule has 0 bridgehead atoms. The SMILES string of the molecule is CCCN1CCNC2(CC2)C1. The number of hydrogen-bond donors (Lipinski definition) is 1. The van der Waals surface area contributed by atoms with Crippen LogP contribution in [0.1, 0.15) is 26.2 Å². The first-order valence-corrected chi connectivity index (χ1v) is 4.82. The Morgan fingerprint density at radius 1 is 1.45 bits per heavy atom. The summed E-state index contributed by atoms with van der Waals surface area (Å²) in [4.78, 5) is 2.60. The lowest BCUT2D eigenvalue weighted by molar-refractivity contribution is 0.190. The van der Waals surface area contributed by atoms with Gasteiger partial charge in [-0.1, -0.05) is 6.92 Å². The van der Waals surface area contributed by atoms with Gasteiger partial charge >= 0.3 is 0 Å². The van der Waals surface area contributed by atoms with Crippen LogP contribution in [0, 0.1) is 0 Å². The standard InChI is InChI=1S/C9H18N2/c1-2-6-11-7-5-10-9(8-11)3-4-9/h10H,2-8H2,1H3. The van der Waals surface area contributed by atoms with Crippen LogP contribution >= 0.6 is 0 Å². The monoisotopic (exact) mass is 154 g/mol. The van der Waals surface area contributed by atoms with Crippen molar-refractivity contribution in [2.45, 2.75) is 31.7 Å². The number of hydrogen-bond acceptors (Lipinski definition) is 2. The fourth-order valence-electron chi connectivity index (χ4n) is 2.04. The van der Waals surface area contributed by atoms with E-state index in [9.17, 15) is 0 Å². The van der Waals surface area contributed by atoms with E-state index < -0.39 is 0 Å². The van der Waals surface area contributed by atoms with E-state index in [1.165, 1.54) is 45.4 Å². The van der Waals surface area contributed by atoms with Gasteiger partial charge in [0.05, 0.1) is 0 Å². The molecule has 1 heterocycles. The highest BCUT2D eigenvalue weighted by molar-refractivity contribution is 5.06. The third-order valence-corrected chi connectivity index (χ3v) is 2.85. The van der Waals surface area contributed by atoms with Crippen molar-refractivity contribution in [3.8, 4) is 0 Å². The van der Waals surface area contributed by atoms with Crippen LogP contribution in [-0.2, 0) is 0 Å². The van der Waals surface area contributed by atoms with Gasteiger partial charge in [0.1, 0.15) is 0 Å². The van der Waals surface area contributed by atoms with Crippen LogP contribution in [0.2, 0.25) is 0 Å². The molecule has 2 fully saturated rings. The zero-order valence-corrected chi connectivity index (χ0v) is 7.40. The molecule has 2 nitrogen and oxygen atoms in total. The lowest BCUT2D eigenvalue weighted by Crippen LogP contribution is -2.52. The number of nitrogens with one attached hydrogen (secondary N) is 1. The molecule has 0 aromatic heterocycles. The average molecular weight is 154 g/mol. The van der Waals surface area contributed by atoms with E-state index in [0.717, 1.165) is 0 Å². The van der Waals surface area contributed by atoms with Gasteiger partial charge in [-0.25, -0.2) is 0 Å². The second-order valence-electron chi connectivity index (χ2n) is 3.98. The summed E-state index contributed by atoms with van der Waals surface area (Å²) in [6, 6.07) is 0. The molecule has 1 N–H and O–H groups in total.